The molecule has 0 aliphatic heterocycles. The number of alkyl halides is 1. The molecule has 0 saturated heterocycles. The van der Waals surface area contributed by atoms with E-state index in [1.807, 2.05) is 33.2 Å². The number of aromatic nitrogens is 2. The van der Waals surface area contributed by atoms with Gasteiger partial charge in [0.1, 0.15) is 5.88 Å². The minimum absolute atomic E-state index is 0.0315. The van der Waals surface area contributed by atoms with Crippen LogP contribution in [0, 0.1) is 0 Å². The van der Waals surface area contributed by atoms with E-state index >= 15 is 0 Å². The third-order valence-electron chi connectivity index (χ3n) is 1.93. The predicted molar refractivity (Wildman–Crippen MR) is 55.1 cm³/mol. The fourth-order valence-corrected chi connectivity index (χ4v) is 1.26. The molecule has 0 saturated carbocycles. The van der Waals surface area contributed by atoms with Crippen molar-refractivity contribution >= 4 is 17.5 Å². The van der Waals surface area contributed by atoms with Crippen LogP contribution in [0.5, 0.6) is 0 Å². The van der Waals surface area contributed by atoms with E-state index in [4.69, 9.17) is 11.6 Å². The first-order valence-corrected chi connectivity index (χ1v) is 4.86. The highest BCUT2D eigenvalue weighted by Gasteiger charge is 2.24. The van der Waals surface area contributed by atoms with Gasteiger partial charge in [0.25, 0.3) is 0 Å². The predicted octanol–water partition coefficient (Wildman–Crippen LogP) is 1.01. The van der Waals surface area contributed by atoms with Crippen molar-refractivity contribution in [3.63, 3.8) is 0 Å². The molecule has 1 aromatic heterocycles. The van der Waals surface area contributed by atoms with Gasteiger partial charge in [-0.25, -0.2) is 0 Å². The van der Waals surface area contributed by atoms with Crippen molar-refractivity contribution in [1.29, 1.82) is 0 Å². The SMILES string of the molecule is Cn1ccc(C(C)(C)NC(=O)CCl)n1. The van der Waals surface area contributed by atoms with Crippen LogP contribution in [0.3, 0.4) is 0 Å². The van der Waals surface area contributed by atoms with Gasteiger partial charge in [-0.15, -0.1) is 11.6 Å². The van der Waals surface area contributed by atoms with E-state index in [1.165, 1.54) is 0 Å². The summed E-state index contributed by atoms with van der Waals surface area (Å²) in [6.07, 6.45) is 1.84. The van der Waals surface area contributed by atoms with Crippen molar-refractivity contribution in [3.8, 4) is 0 Å². The van der Waals surface area contributed by atoms with Gasteiger partial charge < -0.3 is 5.32 Å². The van der Waals surface area contributed by atoms with Crippen molar-refractivity contribution in [1.82, 2.24) is 15.1 Å². The highest BCUT2D eigenvalue weighted by molar-refractivity contribution is 6.27. The van der Waals surface area contributed by atoms with Crippen LogP contribution in [-0.2, 0) is 17.4 Å². The molecule has 0 radical (unpaired) electrons. The standard InChI is InChI=1S/C9H14ClN3O/c1-9(2,11-8(14)6-10)7-4-5-13(3)12-7/h4-5H,6H2,1-3H3,(H,11,14). The summed E-state index contributed by atoms with van der Waals surface area (Å²) in [5.74, 6) is -0.224. The molecule has 0 bridgehead atoms. The Hall–Kier alpha value is -1.03. The molecule has 4 nitrogen and oxygen atoms in total. The molecular weight excluding hydrogens is 202 g/mol. The molecule has 1 rings (SSSR count). The van der Waals surface area contributed by atoms with E-state index in [0.717, 1.165) is 5.69 Å². The number of hydrogen-bond acceptors (Lipinski definition) is 2. The Labute approximate surface area is 88.2 Å². The number of nitrogens with zero attached hydrogens (tertiary/aromatic N) is 2. The minimum Gasteiger partial charge on any atom is -0.344 e. The van der Waals surface area contributed by atoms with Crippen molar-refractivity contribution < 1.29 is 4.79 Å². The molecule has 78 valence electrons. The molecule has 14 heavy (non-hydrogen) atoms. The third kappa shape index (κ3) is 2.48. The number of amides is 1. The summed E-state index contributed by atoms with van der Waals surface area (Å²) in [6, 6.07) is 1.87. The van der Waals surface area contributed by atoms with Crippen LogP contribution in [0.25, 0.3) is 0 Å². The number of nitrogens with one attached hydrogen (secondary N) is 1. The molecular formula is C9H14ClN3O. The highest BCUT2D eigenvalue weighted by atomic mass is 35.5. The van der Waals surface area contributed by atoms with Crippen molar-refractivity contribution in [3.05, 3.63) is 18.0 Å². The van der Waals surface area contributed by atoms with E-state index in [9.17, 15) is 4.79 Å². The van der Waals surface area contributed by atoms with Gasteiger partial charge >= 0.3 is 0 Å². The second kappa shape index (κ2) is 4.00. The summed E-state index contributed by atoms with van der Waals surface area (Å²) >= 11 is 5.41. The lowest BCUT2D eigenvalue weighted by atomic mass is 10.0. The Morgan fingerprint density at radius 1 is 1.71 bits per heavy atom. The minimum atomic E-state index is -0.479. The fraction of sp³-hybridized carbons (Fsp3) is 0.556. The molecule has 0 spiro atoms. The van der Waals surface area contributed by atoms with Crippen molar-refractivity contribution in [2.45, 2.75) is 19.4 Å². The Morgan fingerprint density at radius 3 is 2.79 bits per heavy atom. The topological polar surface area (TPSA) is 46.9 Å². The van der Waals surface area contributed by atoms with Gasteiger partial charge in [-0.2, -0.15) is 5.10 Å². The van der Waals surface area contributed by atoms with Gasteiger partial charge in [0, 0.05) is 13.2 Å². The van der Waals surface area contributed by atoms with Crippen LogP contribution >= 0.6 is 11.6 Å². The molecule has 1 amide bonds. The summed E-state index contributed by atoms with van der Waals surface area (Å²) in [5.41, 5.74) is 0.339. The number of carbonyl (C=O) groups is 1. The van der Waals surface area contributed by atoms with E-state index < -0.39 is 5.54 Å². The molecule has 0 aliphatic carbocycles. The van der Waals surface area contributed by atoms with Gasteiger partial charge in [0.2, 0.25) is 5.91 Å². The number of aryl methyl sites for hydroxylation is 1. The summed E-state index contributed by atoms with van der Waals surface area (Å²) in [4.78, 5) is 11.1. The molecule has 1 aromatic rings. The van der Waals surface area contributed by atoms with Gasteiger partial charge in [0.05, 0.1) is 11.2 Å². The number of carbonyl (C=O) groups excluding carboxylic acids is 1. The number of rotatable bonds is 3. The zero-order valence-electron chi connectivity index (χ0n) is 8.54. The Balaban J connectivity index is 2.79. The van der Waals surface area contributed by atoms with E-state index in [1.54, 1.807) is 4.68 Å². The maximum atomic E-state index is 11.1. The molecule has 1 N–H and O–H groups in total. The normalized spacial score (nSPS) is 11.4. The van der Waals surface area contributed by atoms with Crippen LogP contribution in [0.1, 0.15) is 19.5 Å². The smallest absolute Gasteiger partial charge is 0.235 e. The van der Waals surface area contributed by atoms with Crippen LogP contribution in [-0.4, -0.2) is 21.6 Å². The lowest BCUT2D eigenvalue weighted by Gasteiger charge is -2.23. The molecule has 1 heterocycles. The van der Waals surface area contributed by atoms with E-state index in [-0.39, 0.29) is 11.8 Å². The van der Waals surface area contributed by atoms with Crippen LogP contribution in [0.2, 0.25) is 0 Å². The lowest BCUT2D eigenvalue weighted by Crippen LogP contribution is -2.42. The number of halogens is 1. The maximum Gasteiger partial charge on any atom is 0.235 e. The number of hydrogen-bond donors (Lipinski definition) is 1. The second-order valence-corrected chi connectivity index (χ2v) is 3.95. The molecule has 0 unspecified atom stereocenters. The van der Waals surface area contributed by atoms with Crippen molar-refractivity contribution in [2.75, 3.05) is 5.88 Å². The van der Waals surface area contributed by atoms with E-state index in [0.29, 0.717) is 0 Å². The summed E-state index contributed by atoms with van der Waals surface area (Å²) in [5, 5.41) is 7.02. The van der Waals surface area contributed by atoms with E-state index in [2.05, 4.69) is 10.4 Å². The third-order valence-corrected chi connectivity index (χ3v) is 2.17. The average Bonchev–Trinajstić information content (AvgIpc) is 2.51. The quantitative estimate of drug-likeness (QED) is 0.766. The van der Waals surface area contributed by atoms with Gasteiger partial charge in [0.15, 0.2) is 0 Å². The molecule has 0 atom stereocenters. The zero-order valence-corrected chi connectivity index (χ0v) is 9.30. The molecule has 5 heteroatoms. The Bertz CT molecular complexity index is 333. The molecule has 0 fully saturated rings. The maximum absolute atomic E-state index is 11.1. The average molecular weight is 216 g/mol. The first kappa shape index (κ1) is 11.0. The molecule has 0 aromatic carbocycles. The van der Waals surface area contributed by atoms with Gasteiger partial charge in [-0.3, -0.25) is 9.48 Å². The summed E-state index contributed by atoms with van der Waals surface area (Å²) in [7, 11) is 1.84. The summed E-state index contributed by atoms with van der Waals surface area (Å²) in [6.45, 7) is 3.78. The van der Waals surface area contributed by atoms with Crippen LogP contribution < -0.4 is 5.32 Å². The second-order valence-electron chi connectivity index (χ2n) is 3.68. The fourth-order valence-electron chi connectivity index (χ4n) is 1.19. The first-order chi connectivity index (χ1) is 6.45. The van der Waals surface area contributed by atoms with Gasteiger partial charge in [-0.05, 0) is 19.9 Å². The molecule has 0 aliphatic rings. The van der Waals surface area contributed by atoms with Crippen molar-refractivity contribution in [2.24, 2.45) is 7.05 Å². The van der Waals surface area contributed by atoms with Crippen LogP contribution in [0.15, 0.2) is 12.3 Å². The highest BCUT2D eigenvalue weighted by Crippen LogP contribution is 2.17. The zero-order chi connectivity index (χ0) is 10.8. The Morgan fingerprint density at radius 2 is 2.36 bits per heavy atom. The largest absolute Gasteiger partial charge is 0.344 e. The van der Waals surface area contributed by atoms with Crippen LogP contribution in [0.4, 0.5) is 0 Å². The first-order valence-electron chi connectivity index (χ1n) is 4.33. The summed E-state index contributed by atoms with van der Waals surface area (Å²) < 4.78 is 1.70. The monoisotopic (exact) mass is 215 g/mol. The van der Waals surface area contributed by atoms with Gasteiger partial charge in [-0.1, -0.05) is 0 Å². The Kier molecular flexibility index (Phi) is 3.16. The lowest BCUT2D eigenvalue weighted by molar-refractivity contribution is -0.120.